The van der Waals surface area contributed by atoms with Gasteiger partial charge in [-0.3, -0.25) is 4.98 Å². The zero-order chi connectivity index (χ0) is 16.5. The van der Waals surface area contributed by atoms with Crippen LogP contribution in [-0.4, -0.2) is 60.4 Å². The molecule has 9 heteroatoms. The van der Waals surface area contributed by atoms with E-state index in [0.717, 1.165) is 54.9 Å². The molecule has 0 spiro atoms. The molecular weight excluding hydrogens is 420 g/mol. The number of rotatable bonds is 10. The van der Waals surface area contributed by atoms with Crippen molar-refractivity contribution in [2.45, 2.75) is 6.42 Å². The summed E-state index contributed by atoms with van der Waals surface area (Å²) in [5.74, 6) is 2.11. The standard InChI is InChI=1S/C17H23Cl2N3O.2ClH.H2O/c1-23-14-3-4-16-15(13-14)17(5-9-21-16)20-8-2-10-22(11-6-18)12-7-19;;;/h3-5,9,13H,2,6-8,10-12H2,1H3,(H,20,21);2*1H;1H2. The number of methoxy groups -OCH3 is 1. The molecule has 0 aliphatic carbocycles. The van der Waals surface area contributed by atoms with Crippen LogP contribution in [0.4, 0.5) is 5.69 Å². The van der Waals surface area contributed by atoms with E-state index in [1.165, 1.54) is 0 Å². The van der Waals surface area contributed by atoms with Gasteiger partial charge in [0.15, 0.2) is 0 Å². The van der Waals surface area contributed by atoms with Gasteiger partial charge in [-0.05, 0) is 37.2 Å². The first kappa shape index (κ1) is 27.5. The Bertz CT molecular complexity index is 614. The molecule has 0 aliphatic heterocycles. The maximum Gasteiger partial charge on any atom is 0.119 e. The van der Waals surface area contributed by atoms with Crippen LogP contribution >= 0.6 is 48.0 Å². The first-order chi connectivity index (χ1) is 11.3. The van der Waals surface area contributed by atoms with Crippen molar-refractivity contribution < 1.29 is 10.2 Å². The highest BCUT2D eigenvalue weighted by molar-refractivity contribution is 6.18. The molecule has 0 unspecified atom stereocenters. The molecule has 150 valence electrons. The Balaban J connectivity index is 0. The van der Waals surface area contributed by atoms with Gasteiger partial charge in [0.05, 0.1) is 12.6 Å². The molecule has 5 nitrogen and oxygen atoms in total. The van der Waals surface area contributed by atoms with E-state index in [-0.39, 0.29) is 30.3 Å². The number of alkyl halides is 2. The summed E-state index contributed by atoms with van der Waals surface area (Å²) < 4.78 is 5.30. The molecule has 2 aromatic rings. The average Bonchev–Trinajstić information content (AvgIpc) is 2.58. The topological polar surface area (TPSA) is 68.9 Å². The first-order valence-corrected chi connectivity index (χ1v) is 8.86. The normalized spacial score (nSPS) is 9.85. The Morgan fingerprint density at radius 3 is 2.38 bits per heavy atom. The quantitative estimate of drug-likeness (QED) is 0.444. The molecule has 0 radical (unpaired) electrons. The van der Waals surface area contributed by atoms with Crippen LogP contribution in [0.15, 0.2) is 30.5 Å². The summed E-state index contributed by atoms with van der Waals surface area (Å²) in [4.78, 5) is 6.68. The van der Waals surface area contributed by atoms with Gasteiger partial charge in [-0.15, -0.1) is 48.0 Å². The Morgan fingerprint density at radius 1 is 1.08 bits per heavy atom. The SMILES string of the molecule is COc1ccc2nccc(NCCCN(CCCl)CCCl)c2c1.Cl.Cl.O. The molecule has 26 heavy (non-hydrogen) atoms. The lowest BCUT2D eigenvalue weighted by Gasteiger charge is -2.20. The van der Waals surface area contributed by atoms with Gasteiger partial charge in [-0.1, -0.05) is 0 Å². The van der Waals surface area contributed by atoms with Crippen LogP contribution in [0.2, 0.25) is 0 Å². The van der Waals surface area contributed by atoms with Gasteiger partial charge in [-0.2, -0.15) is 0 Å². The van der Waals surface area contributed by atoms with Crippen LogP contribution in [0.5, 0.6) is 5.75 Å². The van der Waals surface area contributed by atoms with Crippen molar-refractivity contribution in [2.24, 2.45) is 0 Å². The summed E-state index contributed by atoms with van der Waals surface area (Å²) in [6.07, 6.45) is 2.85. The molecule has 1 aromatic heterocycles. The largest absolute Gasteiger partial charge is 0.497 e. The molecular formula is C17H27Cl4N3O2. The summed E-state index contributed by atoms with van der Waals surface area (Å²) in [5, 5.41) is 4.56. The summed E-state index contributed by atoms with van der Waals surface area (Å²) in [7, 11) is 1.67. The minimum absolute atomic E-state index is 0. The second-order valence-electron chi connectivity index (χ2n) is 5.24. The minimum Gasteiger partial charge on any atom is -0.497 e. The molecule has 0 saturated carbocycles. The number of fused-ring (bicyclic) bond motifs is 1. The van der Waals surface area contributed by atoms with E-state index >= 15 is 0 Å². The second-order valence-corrected chi connectivity index (χ2v) is 6.00. The summed E-state index contributed by atoms with van der Waals surface area (Å²) in [6.45, 7) is 3.63. The fourth-order valence-electron chi connectivity index (χ4n) is 2.51. The molecule has 0 fully saturated rings. The Morgan fingerprint density at radius 2 is 1.77 bits per heavy atom. The van der Waals surface area contributed by atoms with Gasteiger partial charge in [0.25, 0.3) is 0 Å². The zero-order valence-electron chi connectivity index (χ0n) is 14.7. The predicted octanol–water partition coefficient (Wildman–Crippen LogP) is 3.84. The van der Waals surface area contributed by atoms with Gasteiger partial charge < -0.3 is 20.4 Å². The lowest BCUT2D eigenvalue weighted by molar-refractivity contribution is 0.306. The molecule has 0 atom stereocenters. The molecule has 1 aromatic carbocycles. The Hall–Kier alpha value is -0.690. The Labute approximate surface area is 177 Å². The fraction of sp³-hybridized carbons (Fsp3) is 0.471. The van der Waals surface area contributed by atoms with Crippen molar-refractivity contribution >= 4 is 64.6 Å². The van der Waals surface area contributed by atoms with Crippen molar-refractivity contribution in [3.8, 4) is 5.75 Å². The van der Waals surface area contributed by atoms with Gasteiger partial charge in [-0.25, -0.2) is 0 Å². The van der Waals surface area contributed by atoms with E-state index < -0.39 is 0 Å². The monoisotopic (exact) mass is 445 g/mol. The zero-order valence-corrected chi connectivity index (χ0v) is 17.9. The summed E-state index contributed by atoms with van der Waals surface area (Å²) >= 11 is 11.6. The van der Waals surface area contributed by atoms with E-state index in [9.17, 15) is 0 Å². The van der Waals surface area contributed by atoms with Crippen LogP contribution in [0.3, 0.4) is 0 Å². The van der Waals surface area contributed by atoms with Gasteiger partial charge in [0, 0.05) is 48.7 Å². The molecule has 1 heterocycles. The highest BCUT2D eigenvalue weighted by Gasteiger charge is 2.05. The average molecular weight is 447 g/mol. The number of pyridine rings is 1. The number of anilines is 1. The van der Waals surface area contributed by atoms with E-state index in [1.54, 1.807) is 7.11 Å². The number of nitrogens with zero attached hydrogens (tertiary/aromatic N) is 2. The number of hydrogen-bond donors (Lipinski definition) is 1. The van der Waals surface area contributed by atoms with Gasteiger partial charge >= 0.3 is 0 Å². The lowest BCUT2D eigenvalue weighted by Crippen LogP contribution is -2.30. The Kier molecular flexibility index (Phi) is 16.3. The summed E-state index contributed by atoms with van der Waals surface area (Å²) in [6, 6.07) is 7.91. The highest BCUT2D eigenvalue weighted by Crippen LogP contribution is 2.25. The van der Waals surface area contributed by atoms with E-state index in [1.807, 2.05) is 30.5 Å². The van der Waals surface area contributed by atoms with Crippen molar-refractivity contribution in [1.29, 1.82) is 0 Å². The van der Waals surface area contributed by atoms with Gasteiger partial charge in [0.2, 0.25) is 0 Å². The highest BCUT2D eigenvalue weighted by atomic mass is 35.5. The molecule has 0 bridgehead atoms. The maximum atomic E-state index is 5.82. The molecule has 2 rings (SSSR count). The third-order valence-electron chi connectivity index (χ3n) is 3.72. The second kappa shape index (κ2) is 15.4. The maximum absolute atomic E-state index is 5.82. The third kappa shape index (κ3) is 8.33. The molecule has 0 saturated heterocycles. The van der Waals surface area contributed by atoms with Crippen LogP contribution in [0.25, 0.3) is 10.9 Å². The van der Waals surface area contributed by atoms with E-state index in [0.29, 0.717) is 11.8 Å². The number of hydrogen-bond acceptors (Lipinski definition) is 4. The van der Waals surface area contributed by atoms with Crippen LogP contribution in [0.1, 0.15) is 6.42 Å². The van der Waals surface area contributed by atoms with Gasteiger partial charge in [0.1, 0.15) is 5.75 Å². The number of halogens is 4. The predicted molar refractivity (Wildman–Crippen MR) is 117 cm³/mol. The number of ether oxygens (including phenoxy) is 1. The third-order valence-corrected chi connectivity index (χ3v) is 4.05. The van der Waals surface area contributed by atoms with Crippen molar-refractivity contribution in [3.63, 3.8) is 0 Å². The summed E-state index contributed by atoms with van der Waals surface area (Å²) in [5.41, 5.74) is 2.04. The lowest BCUT2D eigenvalue weighted by atomic mass is 10.1. The van der Waals surface area contributed by atoms with Crippen molar-refractivity contribution in [2.75, 3.05) is 50.4 Å². The van der Waals surface area contributed by atoms with E-state index in [4.69, 9.17) is 27.9 Å². The fourth-order valence-corrected chi connectivity index (χ4v) is 2.98. The van der Waals surface area contributed by atoms with Crippen molar-refractivity contribution in [3.05, 3.63) is 30.5 Å². The smallest absolute Gasteiger partial charge is 0.119 e. The number of nitrogens with one attached hydrogen (secondary N) is 1. The van der Waals surface area contributed by atoms with E-state index in [2.05, 4.69) is 15.2 Å². The number of aromatic nitrogens is 1. The molecule has 0 aliphatic rings. The molecule has 3 N–H and O–H groups in total. The number of benzene rings is 1. The molecule has 0 amide bonds. The van der Waals surface area contributed by atoms with Crippen molar-refractivity contribution in [1.82, 2.24) is 9.88 Å². The van der Waals surface area contributed by atoms with Crippen LogP contribution in [0, 0.1) is 0 Å². The van der Waals surface area contributed by atoms with Crippen LogP contribution in [-0.2, 0) is 0 Å². The minimum atomic E-state index is 0. The van der Waals surface area contributed by atoms with Crippen LogP contribution < -0.4 is 10.1 Å². The first-order valence-electron chi connectivity index (χ1n) is 7.79.